The topological polar surface area (TPSA) is 181 Å². The molecular formula is C27H27ClN10O4. The number of fused-ring (bicyclic) bond motifs is 4. The SMILES string of the molecule is COC(=O)Nc1ccc2c(c1)NCCCNC(=O)CC(NC(=O)/C=C/c1cc(Cl)ccc1-n1cnnn1)c1nc-2c[nH]1. The van der Waals surface area contributed by atoms with Gasteiger partial charge >= 0.3 is 6.09 Å². The van der Waals surface area contributed by atoms with Crippen molar-refractivity contribution in [1.29, 1.82) is 0 Å². The van der Waals surface area contributed by atoms with Crippen LogP contribution in [-0.4, -0.2) is 68.3 Å². The highest BCUT2D eigenvalue weighted by Crippen LogP contribution is 2.31. The van der Waals surface area contributed by atoms with E-state index < -0.39 is 18.0 Å². The Kier molecular flexibility index (Phi) is 8.72. The van der Waals surface area contributed by atoms with E-state index in [2.05, 4.69) is 46.5 Å². The Bertz CT molecular complexity index is 1620. The number of benzene rings is 2. The molecule has 3 heterocycles. The van der Waals surface area contributed by atoms with Gasteiger partial charge in [0.15, 0.2) is 0 Å². The van der Waals surface area contributed by atoms with Crippen molar-refractivity contribution in [1.82, 2.24) is 40.8 Å². The molecule has 1 unspecified atom stereocenters. The second kappa shape index (κ2) is 13.0. The molecule has 1 aliphatic heterocycles. The number of tetrazole rings is 1. The second-order valence-corrected chi connectivity index (χ2v) is 9.67. The fourth-order valence-electron chi connectivity index (χ4n) is 4.35. The highest BCUT2D eigenvalue weighted by molar-refractivity contribution is 6.30. The summed E-state index contributed by atoms with van der Waals surface area (Å²) in [5, 5.41) is 23.4. The lowest BCUT2D eigenvalue weighted by Crippen LogP contribution is -2.34. The Morgan fingerprint density at radius 1 is 1.17 bits per heavy atom. The molecule has 1 atom stereocenters. The third-order valence-electron chi connectivity index (χ3n) is 6.35. The molecule has 0 saturated heterocycles. The van der Waals surface area contributed by atoms with Gasteiger partial charge in [0.25, 0.3) is 0 Å². The van der Waals surface area contributed by atoms with Crippen LogP contribution in [-0.2, 0) is 14.3 Å². The van der Waals surface area contributed by atoms with E-state index in [1.54, 1.807) is 42.6 Å². The van der Waals surface area contributed by atoms with Crippen LogP contribution < -0.4 is 21.3 Å². The molecule has 2 bridgehead atoms. The Balaban J connectivity index is 1.40. The summed E-state index contributed by atoms with van der Waals surface area (Å²) in [6, 6.07) is 9.71. The number of aromatic nitrogens is 6. The molecule has 4 aromatic rings. The first kappa shape index (κ1) is 28.3. The number of rotatable bonds is 5. The molecule has 0 spiro atoms. The van der Waals surface area contributed by atoms with E-state index in [4.69, 9.17) is 16.6 Å². The number of hydrogen-bond donors (Lipinski definition) is 5. The predicted octanol–water partition coefficient (Wildman–Crippen LogP) is 3.08. The van der Waals surface area contributed by atoms with Crippen LogP contribution in [0.15, 0.2) is 55.0 Å². The fraction of sp³-hybridized carbons (Fsp3) is 0.222. The molecule has 0 saturated carbocycles. The van der Waals surface area contributed by atoms with Gasteiger partial charge in [-0.2, -0.15) is 4.68 Å². The van der Waals surface area contributed by atoms with E-state index >= 15 is 0 Å². The Labute approximate surface area is 244 Å². The van der Waals surface area contributed by atoms with Gasteiger partial charge in [0.2, 0.25) is 11.8 Å². The molecule has 5 rings (SSSR count). The van der Waals surface area contributed by atoms with Crippen molar-refractivity contribution in [3.8, 4) is 16.9 Å². The van der Waals surface area contributed by atoms with Gasteiger partial charge < -0.3 is 25.7 Å². The lowest BCUT2D eigenvalue weighted by Gasteiger charge is -2.15. The number of methoxy groups -OCH3 is 1. The number of ether oxygens (including phenoxy) is 1. The number of nitrogens with one attached hydrogen (secondary N) is 5. The molecule has 2 aromatic carbocycles. The zero-order valence-electron chi connectivity index (χ0n) is 22.4. The summed E-state index contributed by atoms with van der Waals surface area (Å²) >= 11 is 6.18. The Hall–Kier alpha value is -5.24. The van der Waals surface area contributed by atoms with Gasteiger partial charge in [0.05, 0.1) is 31.0 Å². The van der Waals surface area contributed by atoms with Crippen LogP contribution in [0.25, 0.3) is 23.0 Å². The van der Waals surface area contributed by atoms with E-state index in [1.165, 1.54) is 24.2 Å². The summed E-state index contributed by atoms with van der Waals surface area (Å²) in [6.45, 7) is 0.993. The van der Waals surface area contributed by atoms with Crippen molar-refractivity contribution in [3.05, 3.63) is 71.4 Å². The molecule has 15 heteroatoms. The number of halogens is 1. The third-order valence-corrected chi connectivity index (χ3v) is 6.59. The minimum Gasteiger partial charge on any atom is -0.453 e. The zero-order chi connectivity index (χ0) is 29.5. The van der Waals surface area contributed by atoms with Gasteiger partial charge in [-0.15, -0.1) is 5.10 Å². The molecule has 2 aromatic heterocycles. The summed E-state index contributed by atoms with van der Waals surface area (Å²) in [7, 11) is 1.29. The van der Waals surface area contributed by atoms with Crippen LogP contribution in [0.5, 0.6) is 0 Å². The Morgan fingerprint density at radius 2 is 2.02 bits per heavy atom. The molecule has 3 amide bonds. The highest BCUT2D eigenvalue weighted by Gasteiger charge is 2.22. The number of nitrogens with zero attached hydrogens (tertiary/aromatic N) is 5. The van der Waals surface area contributed by atoms with Crippen LogP contribution in [0.1, 0.15) is 30.3 Å². The van der Waals surface area contributed by atoms with Gasteiger partial charge in [-0.05, 0) is 59.3 Å². The number of carbonyl (C=O) groups is 3. The van der Waals surface area contributed by atoms with Crippen molar-refractivity contribution < 1.29 is 19.1 Å². The van der Waals surface area contributed by atoms with Crippen LogP contribution in [0, 0.1) is 0 Å². The molecule has 5 N–H and O–H groups in total. The predicted molar refractivity (Wildman–Crippen MR) is 155 cm³/mol. The van der Waals surface area contributed by atoms with Gasteiger partial charge in [0, 0.05) is 52.9 Å². The first-order chi connectivity index (χ1) is 20.4. The summed E-state index contributed by atoms with van der Waals surface area (Å²) in [4.78, 5) is 45.3. The van der Waals surface area contributed by atoms with Gasteiger partial charge in [-0.3, -0.25) is 14.9 Å². The highest BCUT2D eigenvalue weighted by atomic mass is 35.5. The molecule has 14 nitrogen and oxygen atoms in total. The van der Waals surface area contributed by atoms with Crippen LogP contribution in [0.2, 0.25) is 5.02 Å². The van der Waals surface area contributed by atoms with E-state index in [1.807, 2.05) is 6.07 Å². The van der Waals surface area contributed by atoms with Crippen molar-refractivity contribution in [2.75, 3.05) is 30.8 Å². The molecule has 0 radical (unpaired) electrons. The van der Waals surface area contributed by atoms with E-state index in [0.29, 0.717) is 53.0 Å². The first-order valence-corrected chi connectivity index (χ1v) is 13.3. The summed E-state index contributed by atoms with van der Waals surface area (Å²) in [5.74, 6) is -0.279. The van der Waals surface area contributed by atoms with Crippen LogP contribution in [0.4, 0.5) is 16.2 Å². The minimum atomic E-state index is -0.744. The lowest BCUT2D eigenvalue weighted by molar-refractivity contribution is -0.122. The maximum Gasteiger partial charge on any atom is 0.411 e. The zero-order valence-corrected chi connectivity index (χ0v) is 23.2. The Morgan fingerprint density at radius 3 is 2.83 bits per heavy atom. The van der Waals surface area contributed by atoms with Crippen LogP contribution in [0.3, 0.4) is 0 Å². The number of aromatic amines is 1. The number of carbonyl (C=O) groups excluding carboxylic acids is 3. The quantitative estimate of drug-likeness (QED) is 0.218. The molecule has 42 heavy (non-hydrogen) atoms. The average Bonchev–Trinajstić information content (AvgIpc) is 3.69. The van der Waals surface area contributed by atoms with Crippen molar-refractivity contribution in [2.24, 2.45) is 0 Å². The smallest absolute Gasteiger partial charge is 0.411 e. The number of amides is 3. The number of hydrogen-bond acceptors (Lipinski definition) is 9. The molecule has 216 valence electrons. The average molecular weight is 591 g/mol. The van der Waals surface area contributed by atoms with Gasteiger partial charge in [-0.1, -0.05) is 11.6 Å². The van der Waals surface area contributed by atoms with Crippen molar-refractivity contribution >= 4 is 47.0 Å². The molecule has 0 aliphatic carbocycles. The summed E-state index contributed by atoms with van der Waals surface area (Å²) in [6.07, 6.45) is 6.11. The minimum absolute atomic E-state index is 0.0259. The van der Waals surface area contributed by atoms with Crippen molar-refractivity contribution in [3.63, 3.8) is 0 Å². The normalized spacial score (nSPS) is 15.3. The number of anilines is 2. The second-order valence-electron chi connectivity index (χ2n) is 9.23. The van der Waals surface area contributed by atoms with E-state index in [9.17, 15) is 14.4 Å². The van der Waals surface area contributed by atoms with E-state index in [0.717, 1.165) is 11.3 Å². The fourth-order valence-corrected chi connectivity index (χ4v) is 4.53. The van der Waals surface area contributed by atoms with E-state index in [-0.39, 0.29) is 12.3 Å². The molecule has 0 fully saturated rings. The number of H-pyrrole nitrogens is 1. The summed E-state index contributed by atoms with van der Waals surface area (Å²) in [5.41, 5.74) is 3.88. The third kappa shape index (κ3) is 6.90. The van der Waals surface area contributed by atoms with Gasteiger partial charge in [-0.25, -0.2) is 9.78 Å². The largest absolute Gasteiger partial charge is 0.453 e. The number of imidazole rings is 1. The standard InChI is InChI=1S/C27H27ClN10O4/c1-42-27(41)33-18-5-6-19-20(12-18)29-9-2-10-30-25(40)13-21(26-31-14-22(19)35-26)34-24(39)8-3-16-11-17(28)4-7-23(16)38-15-32-36-37-38/h3-8,11-12,14-15,21,29H,2,9-10,13H2,1H3,(H,30,40)(H,31,35)(H,33,41)(H,34,39)/b8-3+. The molecule has 1 aliphatic rings. The first-order valence-electron chi connectivity index (χ1n) is 13.0. The van der Waals surface area contributed by atoms with Gasteiger partial charge in [0.1, 0.15) is 12.2 Å². The monoisotopic (exact) mass is 590 g/mol. The summed E-state index contributed by atoms with van der Waals surface area (Å²) < 4.78 is 6.15. The lowest BCUT2D eigenvalue weighted by atomic mass is 10.1. The van der Waals surface area contributed by atoms with Crippen molar-refractivity contribution in [2.45, 2.75) is 18.9 Å². The maximum absolute atomic E-state index is 13.1. The molecular weight excluding hydrogens is 564 g/mol. The maximum atomic E-state index is 13.1. The van der Waals surface area contributed by atoms with Crippen LogP contribution >= 0.6 is 11.6 Å².